The van der Waals surface area contributed by atoms with E-state index in [9.17, 15) is 31.2 Å². The maximum Gasteiger partial charge on any atom is 0.534 e. The first-order chi connectivity index (χ1) is 16.2. The summed E-state index contributed by atoms with van der Waals surface area (Å²) in [6.45, 7) is 15.6. The van der Waals surface area contributed by atoms with Crippen molar-refractivity contribution in [2.45, 2.75) is 70.2 Å². The van der Waals surface area contributed by atoms with Crippen LogP contribution in [0.1, 0.15) is 40.5 Å². The molecule has 3 rings (SSSR count). The first-order valence-electron chi connectivity index (χ1n) is 11.6. The van der Waals surface area contributed by atoms with Crippen LogP contribution in [0.15, 0.2) is 24.0 Å². The number of carbonyl (C=O) groups excluding carboxylic acids is 2. The molecule has 36 heavy (non-hydrogen) atoms. The monoisotopic (exact) mass is 553 g/mol. The van der Waals surface area contributed by atoms with E-state index in [2.05, 4.69) is 10.8 Å². The minimum Gasteiger partial charge on any atom is -0.468 e. The lowest BCUT2D eigenvalue weighted by atomic mass is 9.57. The molecule has 0 N–H and O–H groups in total. The maximum absolute atomic E-state index is 13.9. The van der Waals surface area contributed by atoms with Crippen LogP contribution in [-0.2, 0) is 33.1 Å². The Hall–Kier alpha value is -1.86. The number of allylic oxidation sites excluding steroid dienone is 1. The summed E-state index contributed by atoms with van der Waals surface area (Å²) >= 11 is 0. The first kappa shape index (κ1) is 28.7. The zero-order valence-corrected chi connectivity index (χ0v) is 23.4. The van der Waals surface area contributed by atoms with Gasteiger partial charge in [-0.15, -0.1) is 0 Å². The molecule has 1 aliphatic carbocycles. The summed E-state index contributed by atoms with van der Waals surface area (Å²) in [6.07, 6.45) is 1.17. The highest BCUT2D eigenvalue weighted by molar-refractivity contribution is 7.87. The van der Waals surface area contributed by atoms with Crippen LogP contribution >= 0.6 is 0 Å². The molecule has 8 nitrogen and oxygen atoms in total. The normalized spacial score (nSPS) is 30.8. The van der Waals surface area contributed by atoms with Gasteiger partial charge in [-0.3, -0.25) is 9.59 Å². The van der Waals surface area contributed by atoms with Gasteiger partial charge < -0.3 is 18.2 Å². The third-order valence-electron chi connectivity index (χ3n) is 8.49. The van der Waals surface area contributed by atoms with Gasteiger partial charge in [-0.25, -0.2) is 0 Å². The van der Waals surface area contributed by atoms with Crippen LogP contribution in [0.25, 0.3) is 0 Å². The molecule has 1 amide bonds. The van der Waals surface area contributed by atoms with E-state index >= 15 is 0 Å². The van der Waals surface area contributed by atoms with Gasteiger partial charge >= 0.3 is 21.6 Å². The molecule has 0 saturated carbocycles. The molecule has 0 radical (unpaired) electrons. The number of fused-ring (bicyclic) bond motifs is 1. The Morgan fingerprint density at radius 1 is 1.28 bits per heavy atom. The Bertz CT molecular complexity index is 1110. The van der Waals surface area contributed by atoms with Crippen molar-refractivity contribution in [1.82, 2.24) is 4.90 Å². The average Bonchev–Trinajstić information content (AvgIpc) is 2.91. The van der Waals surface area contributed by atoms with Gasteiger partial charge in [0.2, 0.25) is 5.91 Å². The summed E-state index contributed by atoms with van der Waals surface area (Å²) in [5.41, 5.74) is -8.58. The van der Waals surface area contributed by atoms with Gasteiger partial charge in [-0.1, -0.05) is 34.3 Å². The number of hydrogen-bond acceptors (Lipinski definition) is 7. The molecule has 2 heterocycles. The van der Waals surface area contributed by atoms with Crippen molar-refractivity contribution in [3.8, 4) is 0 Å². The summed E-state index contributed by atoms with van der Waals surface area (Å²) in [4.78, 5) is 28.7. The third-order valence-corrected chi connectivity index (χ3v) is 14.0. The van der Waals surface area contributed by atoms with Crippen LogP contribution in [-0.4, -0.2) is 65.3 Å². The fourth-order valence-corrected chi connectivity index (χ4v) is 6.88. The van der Waals surface area contributed by atoms with Crippen LogP contribution in [0.2, 0.25) is 18.1 Å². The number of nitrogens with zero attached hydrogens (tertiary/aromatic N) is 1. The number of methoxy groups -OCH3 is 1. The van der Waals surface area contributed by atoms with E-state index in [0.29, 0.717) is 5.57 Å². The second-order valence-electron chi connectivity index (χ2n) is 11.5. The molecular weight excluding hydrogens is 519 g/mol. The molecule has 2 aliphatic heterocycles. The van der Waals surface area contributed by atoms with Gasteiger partial charge in [0.25, 0.3) is 0 Å². The van der Waals surface area contributed by atoms with Crippen molar-refractivity contribution >= 4 is 30.3 Å². The van der Waals surface area contributed by atoms with Crippen LogP contribution in [0.4, 0.5) is 13.2 Å². The quantitative estimate of drug-likeness (QED) is 0.117. The van der Waals surface area contributed by atoms with Crippen molar-refractivity contribution in [3.63, 3.8) is 0 Å². The summed E-state index contributed by atoms with van der Waals surface area (Å²) in [5.74, 6) is -2.73. The molecule has 0 spiro atoms. The minimum absolute atomic E-state index is 0.0305. The van der Waals surface area contributed by atoms with Crippen molar-refractivity contribution in [3.05, 3.63) is 24.0 Å². The fourth-order valence-electron chi connectivity index (χ4n) is 5.32. The van der Waals surface area contributed by atoms with E-state index in [0.717, 1.165) is 7.11 Å². The lowest BCUT2D eigenvalue weighted by Gasteiger charge is -2.48. The van der Waals surface area contributed by atoms with Crippen LogP contribution in [0.3, 0.4) is 0 Å². The van der Waals surface area contributed by atoms with Crippen LogP contribution < -0.4 is 0 Å². The molecule has 4 atom stereocenters. The van der Waals surface area contributed by atoms with Crippen molar-refractivity contribution in [1.29, 1.82) is 0 Å². The molecule has 204 valence electrons. The smallest absolute Gasteiger partial charge is 0.468 e. The molecular formula is C23H34F3NO7SSi. The standard InChI is InChI=1S/C23H34F3NO7SSi/c1-14-13-27-17-11-15(14)16(34-35(30,31)23(24,25)26)12-21(17,5)22(18(27)28,19(29)32-6)9-10-33-36(7,8)20(2,3)4/h12,15,17H,1,9-11,13H2,2-8H3/t15?,17?,21-,22+/m0/s1. The number of piperidine rings is 1. The molecule has 0 aromatic rings. The predicted molar refractivity (Wildman–Crippen MR) is 127 cm³/mol. The number of carbonyl (C=O) groups is 2. The zero-order chi connectivity index (χ0) is 27.7. The summed E-state index contributed by atoms with van der Waals surface area (Å²) in [5, 5.41) is -0.144. The van der Waals surface area contributed by atoms with Gasteiger partial charge in [0.1, 0.15) is 5.76 Å². The van der Waals surface area contributed by atoms with E-state index in [1.54, 1.807) is 6.92 Å². The number of halogens is 3. The largest absolute Gasteiger partial charge is 0.534 e. The summed E-state index contributed by atoms with van der Waals surface area (Å²) in [7, 11) is -7.12. The van der Waals surface area contributed by atoms with Gasteiger partial charge in [0, 0.05) is 30.5 Å². The van der Waals surface area contributed by atoms with Gasteiger partial charge in [-0.2, -0.15) is 21.6 Å². The Balaban J connectivity index is 2.12. The van der Waals surface area contributed by atoms with Crippen LogP contribution in [0, 0.1) is 16.7 Å². The number of rotatable bonds is 7. The Morgan fingerprint density at radius 2 is 1.86 bits per heavy atom. The number of amides is 1. The molecule has 2 unspecified atom stereocenters. The second-order valence-corrected chi connectivity index (χ2v) is 17.8. The highest BCUT2D eigenvalue weighted by Crippen LogP contribution is 2.62. The minimum atomic E-state index is -5.97. The van der Waals surface area contributed by atoms with Gasteiger partial charge in [0.15, 0.2) is 13.7 Å². The molecule has 0 aromatic heterocycles. The average molecular weight is 554 g/mol. The Labute approximate surface area is 211 Å². The molecule has 3 aliphatic rings. The molecule has 2 bridgehead atoms. The predicted octanol–water partition coefficient (Wildman–Crippen LogP) is 4.11. The third kappa shape index (κ3) is 4.10. The number of esters is 1. The molecule has 13 heteroatoms. The fraction of sp³-hybridized carbons (Fsp3) is 0.739. The van der Waals surface area contributed by atoms with Gasteiger partial charge in [0.05, 0.1) is 7.11 Å². The second kappa shape index (κ2) is 8.59. The van der Waals surface area contributed by atoms with Crippen molar-refractivity contribution in [2.75, 3.05) is 20.3 Å². The van der Waals surface area contributed by atoms with Gasteiger partial charge in [-0.05, 0) is 42.6 Å². The highest BCUT2D eigenvalue weighted by atomic mass is 32.2. The Kier molecular flexibility index (Phi) is 6.85. The van der Waals surface area contributed by atoms with Crippen molar-refractivity contribution < 1.29 is 44.5 Å². The number of ether oxygens (including phenoxy) is 1. The van der Waals surface area contributed by atoms with E-state index < -0.39 is 64.4 Å². The lowest BCUT2D eigenvalue weighted by Crippen LogP contribution is -2.53. The zero-order valence-electron chi connectivity index (χ0n) is 21.6. The van der Waals surface area contributed by atoms with Crippen LogP contribution in [0.5, 0.6) is 0 Å². The number of hydrogen-bond donors (Lipinski definition) is 0. The molecule has 2 saturated heterocycles. The van der Waals surface area contributed by atoms with Crippen molar-refractivity contribution in [2.24, 2.45) is 16.7 Å². The van der Waals surface area contributed by atoms with E-state index in [4.69, 9.17) is 9.16 Å². The summed E-state index contributed by atoms with van der Waals surface area (Å²) < 4.78 is 79.1. The molecule has 2 fully saturated rings. The Morgan fingerprint density at radius 3 is 2.36 bits per heavy atom. The topological polar surface area (TPSA) is 99.2 Å². The molecule has 0 aromatic carbocycles. The van der Waals surface area contributed by atoms with E-state index in [1.165, 1.54) is 11.0 Å². The highest BCUT2D eigenvalue weighted by Gasteiger charge is 2.72. The maximum atomic E-state index is 13.9. The van der Waals surface area contributed by atoms with E-state index in [-0.39, 0.29) is 31.0 Å². The SMILES string of the molecule is C=C1CN2C(=O)[C@](CCO[Si](C)(C)C(C)(C)C)(C(=O)OC)[C@@]3(C)C=C(OS(=O)(=O)C(F)(F)F)C1CC23. The number of alkyl halides is 3. The lowest BCUT2D eigenvalue weighted by molar-refractivity contribution is -0.164. The van der Waals surface area contributed by atoms with E-state index in [1.807, 2.05) is 33.9 Å². The summed E-state index contributed by atoms with van der Waals surface area (Å²) in [6, 6.07) is -0.589. The first-order valence-corrected chi connectivity index (χ1v) is 15.9.